The Labute approximate surface area is 205 Å². The Hall–Kier alpha value is -4.30. The largest absolute Gasteiger partial charge is 0.310 e. The third-order valence-corrected chi connectivity index (χ3v) is 7.55. The molecule has 0 saturated carbocycles. The number of anilines is 3. The quantitative estimate of drug-likeness (QED) is 0.261. The highest BCUT2D eigenvalue weighted by Crippen LogP contribution is 2.49. The molecule has 0 spiro atoms. The van der Waals surface area contributed by atoms with Crippen molar-refractivity contribution in [1.82, 2.24) is 4.57 Å². The first kappa shape index (κ1) is 20.1. The van der Waals surface area contributed by atoms with E-state index >= 15 is 0 Å². The van der Waals surface area contributed by atoms with Gasteiger partial charge in [0.1, 0.15) is 0 Å². The molecule has 168 valence electrons. The minimum Gasteiger partial charge on any atom is -0.310 e. The summed E-state index contributed by atoms with van der Waals surface area (Å²) < 4.78 is 2.47. The van der Waals surface area contributed by atoms with Crippen molar-refractivity contribution in [2.45, 2.75) is 19.3 Å². The highest BCUT2D eigenvalue weighted by molar-refractivity contribution is 6.11. The van der Waals surface area contributed by atoms with Gasteiger partial charge in [-0.2, -0.15) is 0 Å². The predicted octanol–water partition coefficient (Wildman–Crippen LogP) is 8.89. The second kappa shape index (κ2) is 7.35. The molecule has 0 amide bonds. The summed E-state index contributed by atoms with van der Waals surface area (Å²) in [5.74, 6) is 0. The molecule has 0 aliphatic carbocycles. The van der Waals surface area contributed by atoms with Gasteiger partial charge in [0.25, 0.3) is 0 Å². The Morgan fingerprint density at radius 3 is 1.89 bits per heavy atom. The number of rotatable bonds is 3. The van der Waals surface area contributed by atoms with Crippen molar-refractivity contribution >= 4 is 38.9 Å². The number of nitrogens with zero attached hydrogens (tertiary/aromatic N) is 2. The fourth-order valence-electron chi connectivity index (χ4n) is 5.88. The molecule has 0 fully saturated rings. The Morgan fingerprint density at radius 2 is 1.17 bits per heavy atom. The van der Waals surface area contributed by atoms with Crippen LogP contribution in [0.4, 0.5) is 17.1 Å². The highest BCUT2D eigenvalue weighted by atomic mass is 15.1. The van der Waals surface area contributed by atoms with E-state index in [1.165, 1.54) is 44.3 Å². The Bertz CT molecular complexity index is 1670. The van der Waals surface area contributed by atoms with Crippen molar-refractivity contribution in [2.75, 3.05) is 4.90 Å². The maximum absolute atomic E-state index is 2.47. The highest BCUT2D eigenvalue weighted by Gasteiger charge is 2.35. The molecule has 0 radical (unpaired) electrons. The van der Waals surface area contributed by atoms with E-state index in [1.807, 2.05) is 0 Å². The summed E-state index contributed by atoms with van der Waals surface area (Å²) in [6.07, 6.45) is 0. The van der Waals surface area contributed by atoms with Crippen molar-refractivity contribution in [2.24, 2.45) is 0 Å². The molecule has 0 unspecified atom stereocenters. The van der Waals surface area contributed by atoms with E-state index in [-0.39, 0.29) is 5.41 Å². The van der Waals surface area contributed by atoms with Gasteiger partial charge in [-0.05, 0) is 59.7 Å². The summed E-state index contributed by atoms with van der Waals surface area (Å²) in [6.45, 7) is 4.72. The van der Waals surface area contributed by atoms with E-state index in [2.05, 4.69) is 145 Å². The Kier molecular flexibility index (Phi) is 4.22. The first-order valence-electron chi connectivity index (χ1n) is 12.2. The van der Waals surface area contributed by atoms with E-state index in [4.69, 9.17) is 0 Å². The number of aromatic nitrogens is 1. The fraction of sp³-hybridized carbons (Fsp3) is 0.0909. The topological polar surface area (TPSA) is 8.17 Å². The van der Waals surface area contributed by atoms with Crippen molar-refractivity contribution < 1.29 is 0 Å². The zero-order valence-electron chi connectivity index (χ0n) is 19.9. The predicted molar refractivity (Wildman–Crippen MR) is 148 cm³/mol. The number of para-hydroxylation sites is 4. The smallest absolute Gasteiger partial charge is 0.0582 e. The van der Waals surface area contributed by atoms with Crippen LogP contribution in [-0.2, 0) is 5.41 Å². The van der Waals surface area contributed by atoms with Gasteiger partial charge in [0.05, 0.1) is 16.7 Å². The summed E-state index contributed by atoms with van der Waals surface area (Å²) in [7, 11) is 0. The summed E-state index contributed by atoms with van der Waals surface area (Å²) in [5, 5.41) is 2.64. The molecular weight excluding hydrogens is 424 g/mol. The molecule has 1 aromatic heterocycles. The van der Waals surface area contributed by atoms with Crippen molar-refractivity contribution in [3.8, 4) is 5.69 Å². The molecule has 0 saturated heterocycles. The zero-order chi connectivity index (χ0) is 23.6. The standard InChI is InChI=1S/C33H26N2/c1-33(2)28-18-11-17-27-26-16-9-10-19-30(26)35(32(27)28)31-21-20-25(22-29(31)33)34(23-12-5-3-6-13-23)24-14-7-4-8-15-24/h3-22H,1-2H3. The zero-order valence-corrected chi connectivity index (χ0v) is 19.9. The third-order valence-electron chi connectivity index (χ3n) is 7.55. The lowest BCUT2D eigenvalue weighted by Gasteiger charge is -2.36. The third kappa shape index (κ3) is 2.83. The average molecular weight is 451 g/mol. The maximum atomic E-state index is 2.47. The van der Waals surface area contributed by atoms with Crippen LogP contribution in [0.1, 0.15) is 25.0 Å². The van der Waals surface area contributed by atoms with Crippen molar-refractivity contribution in [3.63, 3.8) is 0 Å². The molecular formula is C33H26N2. The molecule has 1 aliphatic rings. The van der Waals surface area contributed by atoms with Gasteiger partial charge in [-0.25, -0.2) is 0 Å². The van der Waals surface area contributed by atoms with Crippen LogP contribution >= 0.6 is 0 Å². The van der Waals surface area contributed by atoms with Gasteiger partial charge in [-0.1, -0.05) is 86.6 Å². The van der Waals surface area contributed by atoms with Crippen molar-refractivity contribution in [3.05, 3.63) is 132 Å². The molecule has 0 atom stereocenters. The van der Waals surface area contributed by atoms with Gasteiger partial charge in [-0.3, -0.25) is 0 Å². The van der Waals surface area contributed by atoms with Crippen LogP contribution in [0.3, 0.4) is 0 Å². The molecule has 2 nitrogen and oxygen atoms in total. The van der Waals surface area contributed by atoms with Crippen LogP contribution in [0.5, 0.6) is 0 Å². The monoisotopic (exact) mass is 450 g/mol. The molecule has 7 rings (SSSR count). The first-order chi connectivity index (χ1) is 17.1. The number of benzene rings is 5. The maximum Gasteiger partial charge on any atom is 0.0582 e. The molecule has 2 heteroatoms. The van der Waals surface area contributed by atoms with Gasteiger partial charge in [0, 0.05) is 33.2 Å². The van der Waals surface area contributed by atoms with Gasteiger partial charge in [0.2, 0.25) is 0 Å². The van der Waals surface area contributed by atoms with Crippen LogP contribution in [0.2, 0.25) is 0 Å². The Balaban J connectivity index is 1.53. The van der Waals surface area contributed by atoms with E-state index in [0.29, 0.717) is 0 Å². The molecule has 6 aromatic rings. The molecule has 2 heterocycles. The van der Waals surface area contributed by atoms with Crippen LogP contribution in [-0.4, -0.2) is 4.57 Å². The number of hydrogen-bond acceptors (Lipinski definition) is 1. The van der Waals surface area contributed by atoms with Gasteiger partial charge < -0.3 is 9.47 Å². The average Bonchev–Trinajstić information content (AvgIpc) is 3.24. The minimum absolute atomic E-state index is 0.131. The second-order valence-corrected chi connectivity index (χ2v) is 9.89. The van der Waals surface area contributed by atoms with E-state index in [0.717, 1.165) is 11.4 Å². The van der Waals surface area contributed by atoms with Gasteiger partial charge in [0.15, 0.2) is 0 Å². The SMILES string of the molecule is CC1(C)c2cc(N(c3ccccc3)c3ccccc3)ccc2-n2c3ccccc3c3cccc1c32. The van der Waals surface area contributed by atoms with Crippen LogP contribution in [0.25, 0.3) is 27.5 Å². The fourth-order valence-corrected chi connectivity index (χ4v) is 5.88. The van der Waals surface area contributed by atoms with Crippen LogP contribution in [0, 0.1) is 0 Å². The lowest BCUT2D eigenvalue weighted by Crippen LogP contribution is -2.26. The normalized spacial score (nSPS) is 13.7. The summed E-state index contributed by atoms with van der Waals surface area (Å²) in [5.41, 5.74) is 9.93. The first-order valence-corrected chi connectivity index (χ1v) is 12.2. The molecule has 0 N–H and O–H groups in total. The molecule has 5 aromatic carbocycles. The van der Waals surface area contributed by atoms with E-state index in [1.54, 1.807) is 0 Å². The molecule has 0 bridgehead atoms. The lowest BCUT2D eigenvalue weighted by molar-refractivity contribution is 0.630. The van der Waals surface area contributed by atoms with Crippen LogP contribution < -0.4 is 4.90 Å². The molecule has 1 aliphatic heterocycles. The second-order valence-electron chi connectivity index (χ2n) is 9.89. The lowest BCUT2D eigenvalue weighted by atomic mass is 9.74. The summed E-state index contributed by atoms with van der Waals surface area (Å²) in [6, 6.07) is 43.8. The van der Waals surface area contributed by atoms with Crippen LogP contribution in [0.15, 0.2) is 121 Å². The number of fused-ring (bicyclic) bond motifs is 5. The van der Waals surface area contributed by atoms with E-state index in [9.17, 15) is 0 Å². The summed E-state index contributed by atoms with van der Waals surface area (Å²) >= 11 is 0. The minimum atomic E-state index is -0.131. The van der Waals surface area contributed by atoms with Crippen molar-refractivity contribution in [1.29, 1.82) is 0 Å². The Morgan fingerprint density at radius 1 is 0.543 bits per heavy atom. The summed E-state index contributed by atoms with van der Waals surface area (Å²) in [4.78, 5) is 2.35. The molecule has 35 heavy (non-hydrogen) atoms. The van der Waals surface area contributed by atoms with Gasteiger partial charge >= 0.3 is 0 Å². The van der Waals surface area contributed by atoms with E-state index < -0.39 is 0 Å². The van der Waals surface area contributed by atoms with Gasteiger partial charge in [-0.15, -0.1) is 0 Å². The number of hydrogen-bond donors (Lipinski definition) is 0.